The van der Waals surface area contributed by atoms with Gasteiger partial charge in [0.1, 0.15) is 5.75 Å². The highest BCUT2D eigenvalue weighted by Crippen LogP contribution is 2.24. The Bertz CT molecular complexity index is 737. The minimum absolute atomic E-state index is 0.0430. The molecular formula is C19H23N3O4. The summed E-state index contributed by atoms with van der Waals surface area (Å²) in [5, 5.41) is 2.90. The Labute approximate surface area is 152 Å². The van der Waals surface area contributed by atoms with Crippen molar-refractivity contribution < 1.29 is 18.7 Å². The van der Waals surface area contributed by atoms with Gasteiger partial charge in [-0.15, -0.1) is 0 Å². The summed E-state index contributed by atoms with van der Waals surface area (Å²) in [6, 6.07) is 10.6. The summed E-state index contributed by atoms with van der Waals surface area (Å²) in [6.45, 7) is 5.16. The molecule has 0 radical (unpaired) electrons. The maximum atomic E-state index is 12.5. The number of Topliss-reactive ketones (excluding diaryl/α,β-unsaturated/α-hetero) is 1. The van der Waals surface area contributed by atoms with Crippen molar-refractivity contribution in [2.75, 3.05) is 44.6 Å². The number of benzene rings is 1. The second-order valence-corrected chi connectivity index (χ2v) is 6.02. The average molecular weight is 357 g/mol. The topological polar surface area (TPSA) is 75.0 Å². The van der Waals surface area contributed by atoms with E-state index >= 15 is 0 Å². The van der Waals surface area contributed by atoms with Crippen LogP contribution >= 0.6 is 0 Å². The fourth-order valence-corrected chi connectivity index (χ4v) is 2.87. The Kier molecular flexibility index (Phi) is 5.91. The zero-order valence-electron chi connectivity index (χ0n) is 14.8. The lowest BCUT2D eigenvalue weighted by Crippen LogP contribution is -2.51. The van der Waals surface area contributed by atoms with E-state index in [4.69, 9.17) is 9.15 Å². The molecule has 7 nitrogen and oxygen atoms in total. The molecule has 0 saturated carbocycles. The molecule has 1 aromatic carbocycles. The Morgan fingerprint density at radius 2 is 1.88 bits per heavy atom. The van der Waals surface area contributed by atoms with Crippen LogP contribution in [0.5, 0.6) is 5.75 Å². The molecule has 1 N–H and O–H groups in total. The summed E-state index contributed by atoms with van der Waals surface area (Å²) in [7, 11) is 0. The van der Waals surface area contributed by atoms with Gasteiger partial charge in [-0.25, -0.2) is 4.79 Å². The van der Waals surface area contributed by atoms with Crippen LogP contribution in [-0.4, -0.2) is 60.9 Å². The van der Waals surface area contributed by atoms with E-state index in [0.29, 0.717) is 56.5 Å². The first-order valence-electron chi connectivity index (χ1n) is 8.74. The molecule has 0 atom stereocenters. The van der Waals surface area contributed by atoms with Gasteiger partial charge in [-0.1, -0.05) is 12.1 Å². The van der Waals surface area contributed by atoms with E-state index in [0.717, 1.165) is 0 Å². The van der Waals surface area contributed by atoms with E-state index in [2.05, 4.69) is 5.32 Å². The quantitative estimate of drug-likeness (QED) is 0.805. The number of rotatable bonds is 6. The van der Waals surface area contributed by atoms with Gasteiger partial charge < -0.3 is 19.4 Å². The van der Waals surface area contributed by atoms with Crippen LogP contribution in [0, 0.1) is 0 Å². The Morgan fingerprint density at radius 1 is 1.12 bits per heavy atom. The molecular weight excluding hydrogens is 334 g/mol. The molecule has 1 aliphatic rings. The van der Waals surface area contributed by atoms with Crippen molar-refractivity contribution in [3.63, 3.8) is 0 Å². The van der Waals surface area contributed by atoms with Crippen LogP contribution in [0.2, 0.25) is 0 Å². The number of furan rings is 1. The number of urea groups is 1. The molecule has 0 unspecified atom stereocenters. The largest absolute Gasteiger partial charge is 0.492 e. The second-order valence-electron chi connectivity index (χ2n) is 6.02. The monoisotopic (exact) mass is 357 g/mol. The average Bonchev–Trinajstić information content (AvgIpc) is 3.19. The van der Waals surface area contributed by atoms with E-state index in [1.54, 1.807) is 17.0 Å². The number of amides is 2. The van der Waals surface area contributed by atoms with Gasteiger partial charge in [0.25, 0.3) is 0 Å². The van der Waals surface area contributed by atoms with Gasteiger partial charge in [-0.2, -0.15) is 0 Å². The molecule has 0 spiro atoms. The zero-order valence-corrected chi connectivity index (χ0v) is 14.8. The molecule has 2 aromatic rings. The molecule has 2 heterocycles. The number of piperazine rings is 1. The number of ketones is 1. The maximum Gasteiger partial charge on any atom is 0.322 e. The molecule has 1 fully saturated rings. The number of carbonyl (C=O) groups is 2. The van der Waals surface area contributed by atoms with E-state index in [1.165, 1.54) is 6.26 Å². The van der Waals surface area contributed by atoms with Crippen molar-refractivity contribution in [3.05, 3.63) is 48.4 Å². The summed E-state index contributed by atoms with van der Waals surface area (Å²) >= 11 is 0. The summed E-state index contributed by atoms with van der Waals surface area (Å²) in [5.41, 5.74) is 0.662. The minimum Gasteiger partial charge on any atom is -0.492 e. The van der Waals surface area contributed by atoms with Crippen LogP contribution in [0.1, 0.15) is 17.5 Å². The van der Waals surface area contributed by atoms with E-state index in [-0.39, 0.29) is 11.8 Å². The third-order valence-electron chi connectivity index (χ3n) is 4.25. The third kappa shape index (κ3) is 4.43. The Morgan fingerprint density at radius 3 is 2.58 bits per heavy atom. The normalized spacial score (nSPS) is 14.9. The first-order chi connectivity index (χ1) is 12.7. The van der Waals surface area contributed by atoms with Gasteiger partial charge in [0, 0.05) is 26.2 Å². The Balaban J connectivity index is 1.50. The predicted octanol–water partition coefficient (Wildman–Crippen LogP) is 2.71. The highest BCUT2D eigenvalue weighted by Gasteiger charge is 2.24. The standard InChI is InChI=1S/C19H23N3O4/c1-2-25-17-7-4-3-6-15(17)20-19(24)22-11-9-21(10-12-22)14-16(23)18-8-5-13-26-18/h3-8,13H,2,9-12,14H2,1H3,(H,20,24). The molecule has 1 aliphatic heterocycles. The molecule has 2 amide bonds. The number of nitrogens with one attached hydrogen (secondary N) is 1. The first-order valence-corrected chi connectivity index (χ1v) is 8.74. The Hall–Kier alpha value is -2.80. The number of hydrogen-bond acceptors (Lipinski definition) is 5. The lowest BCUT2D eigenvalue weighted by atomic mass is 10.2. The zero-order chi connectivity index (χ0) is 18.4. The van der Waals surface area contributed by atoms with Gasteiger partial charge in [-0.05, 0) is 31.2 Å². The number of para-hydroxylation sites is 2. The number of anilines is 1. The number of hydrogen-bond donors (Lipinski definition) is 1. The van der Waals surface area contributed by atoms with Crippen molar-refractivity contribution >= 4 is 17.5 Å². The van der Waals surface area contributed by atoms with Crippen LogP contribution < -0.4 is 10.1 Å². The highest BCUT2D eigenvalue weighted by atomic mass is 16.5. The van der Waals surface area contributed by atoms with Crippen LogP contribution in [0.25, 0.3) is 0 Å². The lowest BCUT2D eigenvalue weighted by Gasteiger charge is -2.34. The fraction of sp³-hybridized carbons (Fsp3) is 0.368. The van der Waals surface area contributed by atoms with Crippen molar-refractivity contribution in [1.82, 2.24) is 9.80 Å². The third-order valence-corrected chi connectivity index (χ3v) is 4.25. The van der Waals surface area contributed by atoms with Crippen LogP contribution in [0.15, 0.2) is 47.1 Å². The minimum atomic E-state index is -0.158. The van der Waals surface area contributed by atoms with E-state index in [1.807, 2.05) is 36.1 Å². The van der Waals surface area contributed by atoms with Crippen molar-refractivity contribution in [2.45, 2.75) is 6.92 Å². The molecule has 0 bridgehead atoms. The van der Waals surface area contributed by atoms with Gasteiger partial charge in [0.2, 0.25) is 5.78 Å². The number of ether oxygens (including phenoxy) is 1. The number of carbonyl (C=O) groups excluding carboxylic acids is 2. The molecule has 1 saturated heterocycles. The molecule has 26 heavy (non-hydrogen) atoms. The van der Waals surface area contributed by atoms with Crippen molar-refractivity contribution in [2.24, 2.45) is 0 Å². The van der Waals surface area contributed by atoms with Crippen molar-refractivity contribution in [1.29, 1.82) is 0 Å². The van der Waals surface area contributed by atoms with Crippen LogP contribution in [0.3, 0.4) is 0 Å². The first kappa shape index (κ1) is 18.0. The smallest absolute Gasteiger partial charge is 0.322 e. The molecule has 3 rings (SSSR count). The van der Waals surface area contributed by atoms with E-state index < -0.39 is 0 Å². The highest BCUT2D eigenvalue weighted by molar-refractivity contribution is 5.95. The van der Waals surface area contributed by atoms with Gasteiger partial charge in [-0.3, -0.25) is 9.69 Å². The predicted molar refractivity (Wildman–Crippen MR) is 97.7 cm³/mol. The van der Waals surface area contributed by atoms with Crippen molar-refractivity contribution in [3.8, 4) is 5.75 Å². The van der Waals surface area contributed by atoms with Crippen LogP contribution in [0.4, 0.5) is 10.5 Å². The van der Waals surface area contributed by atoms with Gasteiger partial charge in [0.15, 0.2) is 5.76 Å². The number of nitrogens with zero attached hydrogens (tertiary/aromatic N) is 2. The summed E-state index contributed by atoms with van der Waals surface area (Å²) < 4.78 is 10.7. The lowest BCUT2D eigenvalue weighted by molar-refractivity contribution is 0.0857. The molecule has 7 heteroatoms. The maximum absolute atomic E-state index is 12.5. The summed E-state index contributed by atoms with van der Waals surface area (Å²) in [5.74, 6) is 0.988. The molecule has 0 aliphatic carbocycles. The van der Waals surface area contributed by atoms with Crippen LogP contribution in [-0.2, 0) is 0 Å². The van der Waals surface area contributed by atoms with E-state index in [9.17, 15) is 9.59 Å². The van der Waals surface area contributed by atoms with Gasteiger partial charge in [0.05, 0.1) is 25.1 Å². The second kappa shape index (κ2) is 8.53. The molecule has 138 valence electrons. The fourth-order valence-electron chi connectivity index (χ4n) is 2.87. The molecule has 1 aromatic heterocycles. The summed E-state index contributed by atoms with van der Waals surface area (Å²) in [4.78, 5) is 28.4. The van der Waals surface area contributed by atoms with Gasteiger partial charge >= 0.3 is 6.03 Å². The SMILES string of the molecule is CCOc1ccccc1NC(=O)N1CCN(CC(=O)c2ccco2)CC1. The summed E-state index contributed by atoms with van der Waals surface area (Å²) in [6.07, 6.45) is 1.50.